The number of carbonyl (C=O) groups excluding carboxylic acids is 2. The Morgan fingerprint density at radius 2 is 1.96 bits per heavy atom. The van der Waals surface area contributed by atoms with Crippen molar-refractivity contribution in [3.63, 3.8) is 0 Å². The highest BCUT2D eigenvalue weighted by molar-refractivity contribution is 7.17. The molecule has 3 rings (SSSR count). The number of nitrogens with one attached hydrogen (secondary N) is 1. The first kappa shape index (κ1) is 19.9. The molecule has 1 aromatic carbocycles. The van der Waals surface area contributed by atoms with Crippen LogP contribution in [0, 0.1) is 0 Å². The minimum absolute atomic E-state index is 0.302. The van der Waals surface area contributed by atoms with Gasteiger partial charge in [0.05, 0.1) is 26.4 Å². The molecule has 28 heavy (non-hydrogen) atoms. The van der Waals surface area contributed by atoms with Crippen LogP contribution >= 0.6 is 11.3 Å². The molecule has 1 aliphatic rings. The SMILES string of the molecule is CCOC(=O)c1c(NC(=O)/C=C/c2ccc(OC)c(OC)c2)sc2c1CCC2. The highest BCUT2D eigenvalue weighted by Gasteiger charge is 2.28. The largest absolute Gasteiger partial charge is 0.493 e. The zero-order chi connectivity index (χ0) is 20.1. The highest BCUT2D eigenvalue weighted by Crippen LogP contribution is 2.39. The Balaban J connectivity index is 1.77. The maximum Gasteiger partial charge on any atom is 0.341 e. The van der Waals surface area contributed by atoms with Crippen molar-refractivity contribution in [2.75, 3.05) is 26.1 Å². The van der Waals surface area contributed by atoms with Gasteiger partial charge in [-0.2, -0.15) is 0 Å². The second kappa shape index (κ2) is 8.93. The van der Waals surface area contributed by atoms with Gasteiger partial charge in [-0.1, -0.05) is 6.07 Å². The van der Waals surface area contributed by atoms with Gasteiger partial charge in [-0.3, -0.25) is 4.79 Å². The van der Waals surface area contributed by atoms with Crippen LogP contribution in [0.1, 0.15) is 39.7 Å². The van der Waals surface area contributed by atoms with Gasteiger partial charge >= 0.3 is 5.97 Å². The molecular formula is C21H23NO5S. The molecule has 0 aliphatic heterocycles. The number of ether oxygens (including phenoxy) is 3. The summed E-state index contributed by atoms with van der Waals surface area (Å²) in [6.07, 6.45) is 5.92. The molecule has 0 bridgehead atoms. The molecule has 1 heterocycles. The van der Waals surface area contributed by atoms with Crippen molar-refractivity contribution in [2.45, 2.75) is 26.2 Å². The van der Waals surface area contributed by atoms with Crippen molar-refractivity contribution < 1.29 is 23.8 Å². The number of esters is 1. The number of anilines is 1. The van der Waals surface area contributed by atoms with E-state index in [1.54, 1.807) is 39.4 Å². The van der Waals surface area contributed by atoms with Crippen LogP contribution < -0.4 is 14.8 Å². The maximum atomic E-state index is 12.4. The molecule has 2 aromatic rings. The van der Waals surface area contributed by atoms with E-state index in [4.69, 9.17) is 14.2 Å². The molecule has 6 nitrogen and oxygen atoms in total. The van der Waals surface area contributed by atoms with Crippen molar-refractivity contribution >= 4 is 34.3 Å². The van der Waals surface area contributed by atoms with E-state index < -0.39 is 0 Å². The summed E-state index contributed by atoms with van der Waals surface area (Å²) in [7, 11) is 3.13. The quantitative estimate of drug-likeness (QED) is 0.559. The normalized spacial score (nSPS) is 12.7. The van der Waals surface area contributed by atoms with Crippen LogP contribution in [0.15, 0.2) is 24.3 Å². The summed E-state index contributed by atoms with van der Waals surface area (Å²) in [4.78, 5) is 25.9. The fraction of sp³-hybridized carbons (Fsp3) is 0.333. The van der Waals surface area contributed by atoms with E-state index in [0.717, 1.165) is 35.3 Å². The zero-order valence-corrected chi connectivity index (χ0v) is 17.0. The standard InChI is InChI=1S/C21H23NO5S/c1-4-27-21(24)19-14-6-5-7-17(14)28-20(19)22-18(23)11-9-13-8-10-15(25-2)16(12-13)26-3/h8-12H,4-7H2,1-3H3,(H,22,23)/b11-9+. The van der Waals surface area contributed by atoms with Gasteiger partial charge in [0.2, 0.25) is 5.91 Å². The Bertz CT molecular complexity index is 916. The van der Waals surface area contributed by atoms with E-state index in [2.05, 4.69) is 5.32 Å². The lowest BCUT2D eigenvalue weighted by Gasteiger charge is -2.08. The number of benzene rings is 1. The van der Waals surface area contributed by atoms with E-state index >= 15 is 0 Å². The highest BCUT2D eigenvalue weighted by atomic mass is 32.1. The third-order valence-electron chi connectivity index (χ3n) is 4.47. The Kier molecular flexibility index (Phi) is 6.36. The number of aryl methyl sites for hydroxylation is 1. The first-order valence-electron chi connectivity index (χ1n) is 9.10. The Hall–Kier alpha value is -2.80. The number of carbonyl (C=O) groups is 2. The topological polar surface area (TPSA) is 73.9 Å². The number of rotatable bonds is 7. The van der Waals surface area contributed by atoms with Crippen LogP contribution in [0.4, 0.5) is 5.00 Å². The molecule has 148 valence electrons. The van der Waals surface area contributed by atoms with E-state index in [-0.39, 0.29) is 11.9 Å². The molecular weight excluding hydrogens is 378 g/mol. The van der Waals surface area contributed by atoms with Crippen molar-refractivity contribution in [3.8, 4) is 11.5 Å². The third-order valence-corrected chi connectivity index (χ3v) is 5.68. The van der Waals surface area contributed by atoms with E-state index in [9.17, 15) is 9.59 Å². The molecule has 0 saturated carbocycles. The van der Waals surface area contributed by atoms with Crippen molar-refractivity contribution in [1.82, 2.24) is 0 Å². The predicted octanol–water partition coefficient (Wildman–Crippen LogP) is 4.08. The van der Waals surface area contributed by atoms with Crippen molar-refractivity contribution in [1.29, 1.82) is 0 Å². The molecule has 7 heteroatoms. The van der Waals surface area contributed by atoms with Gasteiger partial charge in [0.25, 0.3) is 0 Å². The second-order valence-corrected chi connectivity index (χ2v) is 7.32. The molecule has 0 spiro atoms. The molecule has 1 amide bonds. The maximum absolute atomic E-state index is 12.4. The van der Waals surface area contributed by atoms with Crippen molar-refractivity contribution in [3.05, 3.63) is 45.8 Å². The summed E-state index contributed by atoms with van der Waals surface area (Å²) in [5.41, 5.74) is 2.32. The van der Waals surface area contributed by atoms with Crippen LogP contribution in [0.25, 0.3) is 6.08 Å². The van der Waals surface area contributed by atoms with Crippen LogP contribution in [-0.4, -0.2) is 32.7 Å². The van der Waals surface area contributed by atoms with E-state index in [1.807, 2.05) is 6.07 Å². The number of thiophene rings is 1. The molecule has 0 atom stereocenters. The minimum Gasteiger partial charge on any atom is -0.493 e. The van der Waals surface area contributed by atoms with Crippen LogP contribution in [0.3, 0.4) is 0 Å². The lowest BCUT2D eigenvalue weighted by atomic mass is 10.1. The lowest BCUT2D eigenvalue weighted by molar-refractivity contribution is -0.111. The van der Waals surface area contributed by atoms with Gasteiger partial charge in [0.15, 0.2) is 11.5 Å². The zero-order valence-electron chi connectivity index (χ0n) is 16.2. The number of amides is 1. The summed E-state index contributed by atoms with van der Waals surface area (Å²) in [5, 5.41) is 3.40. The van der Waals surface area contributed by atoms with Crippen LogP contribution in [-0.2, 0) is 22.4 Å². The number of fused-ring (bicyclic) bond motifs is 1. The first-order valence-corrected chi connectivity index (χ1v) is 9.91. The fourth-order valence-corrected chi connectivity index (χ4v) is 4.47. The van der Waals surface area contributed by atoms with Gasteiger partial charge in [-0.05, 0) is 55.5 Å². The van der Waals surface area contributed by atoms with E-state index in [1.165, 1.54) is 17.4 Å². The van der Waals surface area contributed by atoms with Gasteiger partial charge in [0, 0.05) is 11.0 Å². The summed E-state index contributed by atoms with van der Waals surface area (Å²) in [6.45, 7) is 2.07. The van der Waals surface area contributed by atoms with Gasteiger partial charge in [-0.15, -0.1) is 11.3 Å². The molecule has 0 saturated heterocycles. The number of methoxy groups -OCH3 is 2. The van der Waals surface area contributed by atoms with Crippen molar-refractivity contribution in [2.24, 2.45) is 0 Å². The summed E-state index contributed by atoms with van der Waals surface area (Å²) in [5.74, 6) is 0.530. The average molecular weight is 401 g/mol. The summed E-state index contributed by atoms with van der Waals surface area (Å²) >= 11 is 1.46. The Morgan fingerprint density at radius 1 is 1.18 bits per heavy atom. The molecule has 0 radical (unpaired) electrons. The predicted molar refractivity (Wildman–Crippen MR) is 110 cm³/mol. The van der Waals surface area contributed by atoms with E-state index in [0.29, 0.717) is 28.7 Å². The monoisotopic (exact) mass is 401 g/mol. The van der Waals surface area contributed by atoms with Crippen LogP contribution in [0.5, 0.6) is 11.5 Å². The molecule has 0 unspecified atom stereocenters. The minimum atomic E-state index is -0.374. The number of hydrogen-bond acceptors (Lipinski definition) is 6. The smallest absolute Gasteiger partial charge is 0.341 e. The Labute approximate surface area is 168 Å². The average Bonchev–Trinajstić information content (AvgIpc) is 3.26. The second-order valence-electron chi connectivity index (χ2n) is 6.22. The first-order chi connectivity index (χ1) is 13.6. The Morgan fingerprint density at radius 3 is 2.68 bits per heavy atom. The van der Waals surface area contributed by atoms with Crippen LogP contribution in [0.2, 0.25) is 0 Å². The molecule has 1 N–H and O–H groups in total. The van der Waals surface area contributed by atoms with Gasteiger partial charge in [-0.25, -0.2) is 4.79 Å². The lowest BCUT2D eigenvalue weighted by Crippen LogP contribution is -2.13. The fourth-order valence-electron chi connectivity index (χ4n) is 3.19. The molecule has 1 aromatic heterocycles. The van der Waals surface area contributed by atoms with Gasteiger partial charge < -0.3 is 19.5 Å². The third kappa shape index (κ3) is 4.20. The van der Waals surface area contributed by atoms with Gasteiger partial charge in [0.1, 0.15) is 5.00 Å². The molecule has 0 fully saturated rings. The number of hydrogen-bond donors (Lipinski definition) is 1. The summed E-state index contributed by atoms with van der Waals surface area (Å²) in [6, 6.07) is 5.39. The summed E-state index contributed by atoms with van der Waals surface area (Å²) < 4.78 is 15.7. The molecule has 1 aliphatic carbocycles.